The molecule has 0 N–H and O–H groups in total. The summed E-state index contributed by atoms with van der Waals surface area (Å²) in [5.41, 5.74) is -1.29. The lowest BCUT2D eigenvalue weighted by Crippen LogP contribution is -2.26. The van der Waals surface area contributed by atoms with E-state index in [4.69, 9.17) is 10.00 Å². The second-order valence-electron chi connectivity index (χ2n) is 2.35. The van der Waals surface area contributed by atoms with Crippen molar-refractivity contribution in [2.45, 2.75) is 25.0 Å². The molecule has 0 radical (unpaired) electrons. The Balaban J connectivity index is 2.69. The van der Waals surface area contributed by atoms with E-state index in [1.807, 2.05) is 13.0 Å². The topological polar surface area (TPSA) is 62.6 Å². The number of hydrogen-bond acceptors (Lipinski definition) is 4. The van der Waals surface area contributed by atoms with E-state index >= 15 is 0 Å². The first kappa shape index (κ1) is 8.02. The van der Waals surface area contributed by atoms with Crippen LogP contribution in [0.1, 0.15) is 13.3 Å². The van der Waals surface area contributed by atoms with Crippen LogP contribution in [0.3, 0.4) is 0 Å². The molecule has 1 fully saturated rings. The summed E-state index contributed by atoms with van der Waals surface area (Å²) in [7, 11) is 1.25. The first-order valence-corrected chi connectivity index (χ1v) is 3.38. The van der Waals surface area contributed by atoms with Crippen LogP contribution in [0.4, 0.5) is 0 Å². The molecule has 2 atom stereocenters. The molecule has 0 aromatic heterocycles. The van der Waals surface area contributed by atoms with Crippen molar-refractivity contribution < 1.29 is 14.3 Å². The molecule has 0 aromatic rings. The molecule has 0 saturated carbocycles. The number of hydrogen-bond donors (Lipinski definition) is 0. The fourth-order valence-corrected chi connectivity index (χ4v) is 1.04. The van der Waals surface area contributed by atoms with Gasteiger partial charge in [-0.05, 0) is 6.42 Å². The third kappa shape index (κ3) is 0.976. The number of carbonyl (C=O) groups is 1. The van der Waals surface area contributed by atoms with Crippen LogP contribution in [0.2, 0.25) is 0 Å². The Morgan fingerprint density at radius 1 is 1.91 bits per heavy atom. The summed E-state index contributed by atoms with van der Waals surface area (Å²) in [4.78, 5) is 10.9. The van der Waals surface area contributed by atoms with Crippen molar-refractivity contribution in [3.8, 4) is 6.07 Å². The summed E-state index contributed by atoms with van der Waals surface area (Å²) in [6.45, 7) is 1.85. The predicted octanol–water partition coefficient (Wildman–Crippen LogP) is 0.231. The van der Waals surface area contributed by atoms with Crippen LogP contribution in [0.5, 0.6) is 0 Å². The number of ether oxygens (including phenoxy) is 2. The number of methoxy groups -OCH3 is 1. The van der Waals surface area contributed by atoms with Crippen molar-refractivity contribution in [2.75, 3.05) is 7.11 Å². The van der Waals surface area contributed by atoms with Gasteiger partial charge < -0.3 is 9.47 Å². The highest BCUT2D eigenvalue weighted by Gasteiger charge is 2.64. The van der Waals surface area contributed by atoms with Gasteiger partial charge in [-0.2, -0.15) is 5.26 Å². The molecule has 1 aliphatic rings. The quantitative estimate of drug-likeness (QED) is 0.423. The van der Waals surface area contributed by atoms with Crippen molar-refractivity contribution in [1.82, 2.24) is 0 Å². The fraction of sp³-hybridized carbons (Fsp3) is 0.714. The molecule has 0 unspecified atom stereocenters. The second kappa shape index (κ2) is 2.51. The van der Waals surface area contributed by atoms with Gasteiger partial charge in [-0.3, -0.25) is 0 Å². The highest BCUT2D eigenvalue weighted by atomic mass is 16.7. The minimum absolute atomic E-state index is 0.278. The van der Waals surface area contributed by atoms with Gasteiger partial charge in [0.05, 0.1) is 7.11 Å². The van der Waals surface area contributed by atoms with Crippen molar-refractivity contribution in [3.63, 3.8) is 0 Å². The number of esters is 1. The molecule has 1 heterocycles. The normalized spacial score (nSPS) is 34.1. The number of rotatable bonds is 2. The number of nitriles is 1. The van der Waals surface area contributed by atoms with E-state index in [1.54, 1.807) is 0 Å². The van der Waals surface area contributed by atoms with Gasteiger partial charge in [-0.15, -0.1) is 0 Å². The van der Waals surface area contributed by atoms with Gasteiger partial charge in [-0.1, -0.05) is 6.92 Å². The summed E-state index contributed by atoms with van der Waals surface area (Å²) in [6.07, 6.45) is 0.378. The molecule has 4 heteroatoms. The maximum absolute atomic E-state index is 10.9. The minimum Gasteiger partial charge on any atom is -0.466 e. The maximum Gasteiger partial charge on any atom is 0.356 e. The van der Waals surface area contributed by atoms with Crippen LogP contribution in [0.25, 0.3) is 0 Å². The van der Waals surface area contributed by atoms with E-state index in [0.717, 1.165) is 0 Å². The zero-order chi connectivity index (χ0) is 8.48. The van der Waals surface area contributed by atoms with Crippen LogP contribution in [0.15, 0.2) is 0 Å². The van der Waals surface area contributed by atoms with Crippen LogP contribution < -0.4 is 0 Å². The van der Waals surface area contributed by atoms with Crippen molar-refractivity contribution in [2.24, 2.45) is 0 Å². The lowest BCUT2D eigenvalue weighted by molar-refractivity contribution is -0.144. The molecule has 60 valence electrons. The van der Waals surface area contributed by atoms with Crippen LogP contribution in [-0.4, -0.2) is 24.8 Å². The fourth-order valence-electron chi connectivity index (χ4n) is 1.04. The smallest absolute Gasteiger partial charge is 0.356 e. The zero-order valence-corrected chi connectivity index (χ0v) is 6.46. The minimum atomic E-state index is -1.29. The lowest BCUT2D eigenvalue weighted by Gasteiger charge is -1.98. The van der Waals surface area contributed by atoms with Gasteiger partial charge in [0, 0.05) is 0 Å². The van der Waals surface area contributed by atoms with E-state index in [9.17, 15) is 4.79 Å². The van der Waals surface area contributed by atoms with E-state index in [-0.39, 0.29) is 6.10 Å². The maximum atomic E-state index is 10.9. The molecule has 0 bridgehead atoms. The van der Waals surface area contributed by atoms with E-state index in [0.29, 0.717) is 6.42 Å². The van der Waals surface area contributed by atoms with Gasteiger partial charge in [0.25, 0.3) is 5.60 Å². The second-order valence-corrected chi connectivity index (χ2v) is 2.35. The summed E-state index contributed by atoms with van der Waals surface area (Å²) in [5.74, 6) is -0.591. The van der Waals surface area contributed by atoms with Crippen LogP contribution in [0, 0.1) is 11.3 Å². The highest BCUT2D eigenvalue weighted by molar-refractivity contribution is 5.87. The molecule has 0 aromatic carbocycles. The molecule has 1 aliphatic heterocycles. The standard InChI is InChI=1S/C7H9NO3/c1-3-5-7(4-8,11-5)6(9)10-2/h5H,3H2,1-2H3/t5-,7+/m0/s1. The van der Waals surface area contributed by atoms with Gasteiger partial charge in [0.2, 0.25) is 0 Å². The molecular formula is C7H9NO3. The molecule has 4 nitrogen and oxygen atoms in total. The van der Waals surface area contributed by atoms with E-state index in [1.165, 1.54) is 7.11 Å². The van der Waals surface area contributed by atoms with Crippen molar-refractivity contribution in [3.05, 3.63) is 0 Å². The molecule has 0 spiro atoms. The first-order valence-electron chi connectivity index (χ1n) is 3.38. The van der Waals surface area contributed by atoms with E-state index < -0.39 is 11.6 Å². The molecule has 11 heavy (non-hydrogen) atoms. The predicted molar refractivity (Wildman–Crippen MR) is 35.5 cm³/mol. The molecule has 0 amide bonds. The van der Waals surface area contributed by atoms with Crippen LogP contribution in [-0.2, 0) is 14.3 Å². The monoisotopic (exact) mass is 155 g/mol. The first-order chi connectivity index (χ1) is 5.21. The lowest BCUT2D eigenvalue weighted by atomic mass is 10.1. The Morgan fingerprint density at radius 3 is 2.82 bits per heavy atom. The van der Waals surface area contributed by atoms with Gasteiger partial charge in [0.15, 0.2) is 0 Å². The molecule has 1 rings (SSSR count). The number of epoxide rings is 1. The zero-order valence-electron chi connectivity index (χ0n) is 6.46. The molecular weight excluding hydrogens is 146 g/mol. The van der Waals surface area contributed by atoms with Gasteiger partial charge in [0.1, 0.15) is 12.2 Å². The Hall–Kier alpha value is -1.08. The Bertz CT molecular complexity index is 220. The largest absolute Gasteiger partial charge is 0.466 e. The Kier molecular flexibility index (Phi) is 1.83. The Labute approximate surface area is 64.7 Å². The Morgan fingerprint density at radius 2 is 2.55 bits per heavy atom. The van der Waals surface area contributed by atoms with Gasteiger partial charge in [-0.25, -0.2) is 4.79 Å². The number of nitrogens with zero attached hydrogens (tertiary/aromatic N) is 1. The summed E-state index contributed by atoms with van der Waals surface area (Å²) >= 11 is 0. The molecule has 0 aliphatic carbocycles. The average molecular weight is 155 g/mol. The average Bonchev–Trinajstić information content (AvgIpc) is 2.78. The van der Waals surface area contributed by atoms with Gasteiger partial charge >= 0.3 is 5.97 Å². The van der Waals surface area contributed by atoms with Crippen LogP contribution >= 0.6 is 0 Å². The van der Waals surface area contributed by atoms with Crippen molar-refractivity contribution >= 4 is 5.97 Å². The summed E-state index contributed by atoms with van der Waals surface area (Å²) in [5, 5.41) is 8.58. The SMILES string of the molecule is CC[C@@H]1O[C@@]1(C#N)C(=O)OC. The third-order valence-corrected chi connectivity index (χ3v) is 1.75. The number of carbonyl (C=O) groups excluding carboxylic acids is 1. The third-order valence-electron chi connectivity index (χ3n) is 1.75. The van der Waals surface area contributed by atoms with Crippen molar-refractivity contribution in [1.29, 1.82) is 5.26 Å². The van der Waals surface area contributed by atoms with E-state index in [2.05, 4.69) is 4.74 Å². The summed E-state index contributed by atoms with van der Waals surface area (Å²) in [6, 6.07) is 1.81. The summed E-state index contributed by atoms with van der Waals surface area (Å²) < 4.78 is 9.33. The highest BCUT2D eigenvalue weighted by Crippen LogP contribution is 2.38. The molecule has 1 saturated heterocycles.